The predicted octanol–water partition coefficient (Wildman–Crippen LogP) is -0.639. The molecule has 1 N–H and O–H groups in total. The summed E-state index contributed by atoms with van der Waals surface area (Å²) < 4.78 is 17.0. The molecule has 0 unspecified atom stereocenters. The maximum absolute atomic E-state index is 11.8. The van der Waals surface area contributed by atoms with Crippen molar-refractivity contribution in [2.75, 3.05) is 13.2 Å². The summed E-state index contributed by atoms with van der Waals surface area (Å²) in [5.74, 6) is -0.963. The number of H-pyrrole nitrogens is 1. The van der Waals surface area contributed by atoms with Crippen LogP contribution in [0.25, 0.3) is 0 Å². The fraction of sp³-hybridized carbons (Fsp3) is 0.571. The number of rotatable bonds is 4. The van der Waals surface area contributed by atoms with Crippen LogP contribution in [0, 0.1) is 0 Å². The molecule has 23 heavy (non-hydrogen) atoms. The summed E-state index contributed by atoms with van der Waals surface area (Å²) in [5.41, 5.74) is -1.06. The topological polar surface area (TPSA) is 117 Å². The van der Waals surface area contributed by atoms with Crippen LogP contribution in [-0.2, 0) is 23.8 Å². The number of hydrogen-bond acceptors (Lipinski definition) is 7. The van der Waals surface area contributed by atoms with Crippen molar-refractivity contribution in [3.63, 3.8) is 0 Å². The van der Waals surface area contributed by atoms with Gasteiger partial charge in [0.25, 0.3) is 5.56 Å². The lowest BCUT2D eigenvalue weighted by Crippen LogP contribution is -2.46. The van der Waals surface area contributed by atoms with Crippen LogP contribution in [0.15, 0.2) is 21.9 Å². The molecule has 9 heteroatoms. The van der Waals surface area contributed by atoms with Gasteiger partial charge in [0.2, 0.25) is 0 Å². The van der Waals surface area contributed by atoms with E-state index in [1.165, 1.54) is 30.7 Å². The molecule has 1 aliphatic rings. The molecule has 1 aromatic rings. The first-order chi connectivity index (χ1) is 10.9. The van der Waals surface area contributed by atoms with E-state index >= 15 is 0 Å². The monoisotopic (exact) mass is 326 g/mol. The van der Waals surface area contributed by atoms with Gasteiger partial charge in [-0.05, 0) is 0 Å². The van der Waals surface area contributed by atoms with Gasteiger partial charge < -0.3 is 14.2 Å². The van der Waals surface area contributed by atoms with Gasteiger partial charge in [0.05, 0.1) is 12.6 Å². The molecule has 3 atom stereocenters. The summed E-state index contributed by atoms with van der Waals surface area (Å²) >= 11 is 0. The van der Waals surface area contributed by atoms with E-state index in [0.717, 1.165) is 0 Å². The lowest BCUT2D eigenvalue weighted by Gasteiger charge is -2.35. The molecule has 0 saturated carbocycles. The minimum Gasteiger partial charge on any atom is -0.463 e. The van der Waals surface area contributed by atoms with Gasteiger partial charge in [-0.15, -0.1) is 0 Å². The highest BCUT2D eigenvalue weighted by molar-refractivity contribution is 5.66. The normalized spacial score (nSPS) is 24.0. The second-order valence-electron chi connectivity index (χ2n) is 5.23. The van der Waals surface area contributed by atoms with Crippen LogP contribution in [0.1, 0.15) is 26.3 Å². The Hall–Kier alpha value is -2.42. The van der Waals surface area contributed by atoms with E-state index in [-0.39, 0.29) is 13.2 Å². The van der Waals surface area contributed by atoms with Gasteiger partial charge in [-0.2, -0.15) is 0 Å². The number of esters is 2. The Balaban J connectivity index is 2.14. The van der Waals surface area contributed by atoms with Crippen molar-refractivity contribution in [3.05, 3.63) is 33.1 Å². The Morgan fingerprint density at radius 1 is 1.35 bits per heavy atom. The van der Waals surface area contributed by atoms with Crippen LogP contribution in [0.4, 0.5) is 0 Å². The van der Waals surface area contributed by atoms with Crippen LogP contribution in [0.3, 0.4) is 0 Å². The van der Waals surface area contributed by atoms with Crippen molar-refractivity contribution in [3.8, 4) is 0 Å². The predicted molar refractivity (Wildman–Crippen MR) is 76.9 cm³/mol. The second kappa shape index (κ2) is 7.23. The molecule has 1 aromatic heterocycles. The standard InChI is InChI=1S/C14H18N2O7/c1-8(17)21-7-12-11(23-9(2)18)5-10(6-22-12)16-4-3-13(19)15-14(16)20/h3-4,10-12H,5-7H2,1-2H3,(H,15,19,20)/t10-,11-,12+/m0/s1. The van der Waals surface area contributed by atoms with Crippen molar-refractivity contribution in [1.82, 2.24) is 9.55 Å². The molecule has 0 spiro atoms. The molecule has 2 rings (SSSR count). The van der Waals surface area contributed by atoms with E-state index in [1.54, 1.807) is 0 Å². The van der Waals surface area contributed by atoms with Gasteiger partial charge in [0.15, 0.2) is 0 Å². The molecule has 0 amide bonds. The zero-order valence-corrected chi connectivity index (χ0v) is 12.8. The van der Waals surface area contributed by atoms with Gasteiger partial charge in [0.1, 0.15) is 18.8 Å². The van der Waals surface area contributed by atoms with E-state index in [9.17, 15) is 19.2 Å². The van der Waals surface area contributed by atoms with Crippen LogP contribution < -0.4 is 11.2 Å². The number of aromatic amines is 1. The molecular formula is C14H18N2O7. The van der Waals surface area contributed by atoms with Crippen molar-refractivity contribution in [2.24, 2.45) is 0 Å². The number of carbonyl (C=O) groups excluding carboxylic acids is 2. The molecule has 9 nitrogen and oxygen atoms in total. The quantitative estimate of drug-likeness (QED) is 0.731. The maximum Gasteiger partial charge on any atom is 0.328 e. The van der Waals surface area contributed by atoms with Gasteiger partial charge in [0, 0.05) is 32.5 Å². The van der Waals surface area contributed by atoms with Gasteiger partial charge in [-0.1, -0.05) is 0 Å². The average molecular weight is 326 g/mol. The fourth-order valence-electron chi connectivity index (χ4n) is 2.43. The number of carbonyl (C=O) groups is 2. The molecule has 0 bridgehead atoms. The zero-order valence-electron chi connectivity index (χ0n) is 12.8. The van der Waals surface area contributed by atoms with Gasteiger partial charge in [-0.25, -0.2) is 4.79 Å². The summed E-state index contributed by atoms with van der Waals surface area (Å²) in [6, 6.07) is 0.824. The average Bonchev–Trinajstić information content (AvgIpc) is 2.45. The fourth-order valence-corrected chi connectivity index (χ4v) is 2.43. The SMILES string of the molecule is CC(=O)OC[C@H]1OC[C@@H](n2ccc(=O)[nH]c2=O)C[C@@H]1OC(C)=O. The van der Waals surface area contributed by atoms with Crippen molar-refractivity contribution in [1.29, 1.82) is 0 Å². The third kappa shape index (κ3) is 4.52. The van der Waals surface area contributed by atoms with E-state index < -0.39 is 41.4 Å². The molecule has 1 fully saturated rings. The van der Waals surface area contributed by atoms with Gasteiger partial charge >= 0.3 is 17.6 Å². The van der Waals surface area contributed by atoms with E-state index in [0.29, 0.717) is 6.42 Å². The summed E-state index contributed by atoms with van der Waals surface area (Å²) in [6.45, 7) is 2.65. The first-order valence-electron chi connectivity index (χ1n) is 7.10. The molecule has 0 radical (unpaired) electrons. The highest BCUT2D eigenvalue weighted by atomic mass is 16.6. The summed E-state index contributed by atoms with van der Waals surface area (Å²) in [7, 11) is 0. The Kier molecular flexibility index (Phi) is 5.32. The zero-order chi connectivity index (χ0) is 17.0. The smallest absolute Gasteiger partial charge is 0.328 e. The summed E-state index contributed by atoms with van der Waals surface area (Å²) in [6.07, 6.45) is 0.408. The van der Waals surface area contributed by atoms with Crippen LogP contribution in [0.5, 0.6) is 0 Å². The third-order valence-electron chi connectivity index (χ3n) is 3.43. The number of ether oxygens (including phenoxy) is 3. The molecule has 1 saturated heterocycles. The first kappa shape index (κ1) is 16.9. The van der Waals surface area contributed by atoms with Crippen LogP contribution >= 0.6 is 0 Å². The number of nitrogens with one attached hydrogen (secondary N) is 1. The molecule has 0 aliphatic carbocycles. The summed E-state index contributed by atoms with van der Waals surface area (Å²) in [5, 5.41) is 0. The Labute approximate surface area is 131 Å². The summed E-state index contributed by atoms with van der Waals surface area (Å²) in [4.78, 5) is 47.3. The highest BCUT2D eigenvalue weighted by Gasteiger charge is 2.35. The molecular weight excluding hydrogens is 308 g/mol. The van der Waals surface area contributed by atoms with E-state index in [2.05, 4.69) is 4.98 Å². The largest absolute Gasteiger partial charge is 0.463 e. The number of hydrogen-bond donors (Lipinski definition) is 1. The number of nitrogens with zero attached hydrogens (tertiary/aromatic N) is 1. The Bertz CT molecular complexity index is 693. The van der Waals surface area contributed by atoms with Crippen LogP contribution in [0.2, 0.25) is 0 Å². The second-order valence-corrected chi connectivity index (χ2v) is 5.23. The lowest BCUT2D eigenvalue weighted by molar-refractivity contribution is -0.174. The minimum atomic E-state index is -0.663. The maximum atomic E-state index is 11.8. The Morgan fingerprint density at radius 2 is 2.09 bits per heavy atom. The van der Waals surface area contributed by atoms with Crippen molar-refractivity contribution in [2.45, 2.75) is 38.5 Å². The third-order valence-corrected chi connectivity index (χ3v) is 3.43. The van der Waals surface area contributed by atoms with Crippen molar-refractivity contribution < 1.29 is 23.8 Å². The Morgan fingerprint density at radius 3 is 2.70 bits per heavy atom. The first-order valence-corrected chi connectivity index (χ1v) is 7.10. The highest BCUT2D eigenvalue weighted by Crippen LogP contribution is 2.25. The van der Waals surface area contributed by atoms with Gasteiger partial charge in [-0.3, -0.25) is 23.9 Å². The number of aromatic nitrogens is 2. The molecule has 126 valence electrons. The van der Waals surface area contributed by atoms with Crippen molar-refractivity contribution >= 4 is 11.9 Å². The molecule has 1 aliphatic heterocycles. The molecule has 0 aromatic carbocycles. The van der Waals surface area contributed by atoms with E-state index in [1.807, 2.05) is 0 Å². The van der Waals surface area contributed by atoms with Crippen LogP contribution in [-0.4, -0.2) is 46.9 Å². The minimum absolute atomic E-state index is 0.0411. The molecule has 2 heterocycles. The van der Waals surface area contributed by atoms with E-state index in [4.69, 9.17) is 14.2 Å². The lowest BCUT2D eigenvalue weighted by atomic mass is 10.0.